The number of phenols is 1. The van der Waals surface area contributed by atoms with Crippen molar-refractivity contribution >= 4 is 40.8 Å². The molecule has 0 bridgehead atoms. The predicted molar refractivity (Wildman–Crippen MR) is 144 cm³/mol. The normalized spacial score (nSPS) is 13.1. The number of anilines is 1. The van der Waals surface area contributed by atoms with Crippen LogP contribution < -0.4 is 10.6 Å². The summed E-state index contributed by atoms with van der Waals surface area (Å²) in [6.45, 7) is 0.216. The van der Waals surface area contributed by atoms with Gasteiger partial charge in [-0.05, 0) is 60.9 Å². The Morgan fingerprint density at radius 2 is 1.74 bits per heavy atom. The second-order valence-corrected chi connectivity index (χ2v) is 9.88. The second kappa shape index (κ2) is 10.8. The molecule has 0 unspecified atom stereocenters. The first-order valence-electron chi connectivity index (χ1n) is 12.0. The van der Waals surface area contributed by atoms with Crippen molar-refractivity contribution < 1.29 is 19.1 Å². The van der Waals surface area contributed by atoms with Gasteiger partial charge in [-0.1, -0.05) is 47.8 Å². The Morgan fingerprint density at radius 3 is 2.37 bits per heavy atom. The summed E-state index contributed by atoms with van der Waals surface area (Å²) < 4.78 is 14.5. The van der Waals surface area contributed by atoms with Crippen molar-refractivity contribution in [2.24, 2.45) is 0 Å². The fraction of sp³-hybridized carbons (Fsp3) is 0.179. The molecular weight excluding hydrogens is 530 g/mol. The molecule has 3 aromatic carbocycles. The number of benzene rings is 3. The molecule has 194 valence electrons. The summed E-state index contributed by atoms with van der Waals surface area (Å²) in [4.78, 5) is 25.7. The molecule has 0 radical (unpaired) electrons. The smallest absolute Gasteiger partial charge is 0.342 e. The SMILES string of the molecule is O=C(Nc1ccc(-c2cc(C3CCC3)n(C(=O)NCc3ccc(F)cc3)n2)c(O)c1)c1c(Cl)cccc1Cl. The molecule has 1 aliphatic carbocycles. The van der Waals surface area contributed by atoms with Gasteiger partial charge in [-0.15, -0.1) is 0 Å². The van der Waals surface area contributed by atoms with E-state index in [1.807, 2.05) is 0 Å². The highest BCUT2D eigenvalue weighted by atomic mass is 35.5. The van der Waals surface area contributed by atoms with Gasteiger partial charge in [0.05, 0.1) is 27.0 Å². The summed E-state index contributed by atoms with van der Waals surface area (Å²) in [7, 11) is 0. The molecule has 0 saturated heterocycles. The van der Waals surface area contributed by atoms with Crippen molar-refractivity contribution in [1.29, 1.82) is 0 Å². The van der Waals surface area contributed by atoms with E-state index in [0.717, 1.165) is 30.5 Å². The average molecular weight is 553 g/mol. The number of phenolic OH excluding ortho intramolecular Hbond substituents is 1. The van der Waals surface area contributed by atoms with Crippen LogP contribution in [-0.2, 0) is 6.54 Å². The minimum absolute atomic E-state index is 0.121. The molecule has 1 aromatic heterocycles. The van der Waals surface area contributed by atoms with E-state index >= 15 is 0 Å². The van der Waals surface area contributed by atoms with E-state index in [1.54, 1.807) is 48.5 Å². The molecule has 3 N–H and O–H groups in total. The van der Waals surface area contributed by atoms with Crippen LogP contribution >= 0.6 is 23.2 Å². The van der Waals surface area contributed by atoms with Gasteiger partial charge in [0.1, 0.15) is 11.6 Å². The zero-order chi connectivity index (χ0) is 26.8. The number of halogens is 3. The molecule has 0 atom stereocenters. The van der Waals surface area contributed by atoms with Crippen LogP contribution in [0.1, 0.15) is 46.8 Å². The summed E-state index contributed by atoms with van der Waals surface area (Å²) in [6.07, 6.45) is 2.95. The lowest BCUT2D eigenvalue weighted by Crippen LogP contribution is -2.31. The number of amides is 2. The van der Waals surface area contributed by atoms with E-state index in [2.05, 4.69) is 15.7 Å². The third kappa shape index (κ3) is 5.37. The monoisotopic (exact) mass is 552 g/mol. The molecule has 38 heavy (non-hydrogen) atoms. The van der Waals surface area contributed by atoms with Gasteiger partial charge in [0.2, 0.25) is 0 Å². The van der Waals surface area contributed by atoms with Crippen LogP contribution in [0.4, 0.5) is 14.9 Å². The molecule has 10 heteroatoms. The highest BCUT2D eigenvalue weighted by Crippen LogP contribution is 2.39. The Morgan fingerprint density at radius 1 is 1.03 bits per heavy atom. The Labute approximate surface area is 228 Å². The van der Waals surface area contributed by atoms with Gasteiger partial charge in [-0.25, -0.2) is 9.18 Å². The van der Waals surface area contributed by atoms with Gasteiger partial charge in [0.15, 0.2) is 0 Å². The number of rotatable bonds is 6. The Kier molecular flexibility index (Phi) is 7.35. The molecule has 1 aliphatic rings. The van der Waals surface area contributed by atoms with Crippen LogP contribution in [0.2, 0.25) is 10.0 Å². The largest absolute Gasteiger partial charge is 0.507 e. The maximum absolute atomic E-state index is 13.2. The summed E-state index contributed by atoms with van der Waals surface area (Å²) >= 11 is 12.2. The van der Waals surface area contributed by atoms with E-state index in [0.29, 0.717) is 16.9 Å². The van der Waals surface area contributed by atoms with Crippen LogP contribution in [0.15, 0.2) is 66.7 Å². The van der Waals surface area contributed by atoms with Gasteiger partial charge in [0.25, 0.3) is 5.91 Å². The van der Waals surface area contributed by atoms with Crippen LogP contribution in [0.3, 0.4) is 0 Å². The van der Waals surface area contributed by atoms with E-state index in [4.69, 9.17) is 23.2 Å². The molecule has 1 saturated carbocycles. The first-order valence-corrected chi connectivity index (χ1v) is 12.8. The fourth-order valence-electron chi connectivity index (χ4n) is 4.27. The summed E-state index contributed by atoms with van der Waals surface area (Å²) in [5, 5.41) is 21.2. The van der Waals surface area contributed by atoms with Crippen molar-refractivity contribution in [3.8, 4) is 17.0 Å². The molecular formula is C28H23Cl2FN4O3. The fourth-order valence-corrected chi connectivity index (χ4v) is 4.84. The molecule has 1 heterocycles. The minimum Gasteiger partial charge on any atom is -0.507 e. The van der Waals surface area contributed by atoms with E-state index < -0.39 is 11.9 Å². The summed E-state index contributed by atoms with van der Waals surface area (Å²) in [5.74, 6) is -0.789. The highest BCUT2D eigenvalue weighted by Gasteiger charge is 2.27. The van der Waals surface area contributed by atoms with E-state index in [-0.39, 0.29) is 39.6 Å². The lowest BCUT2D eigenvalue weighted by Gasteiger charge is -2.25. The molecule has 2 amide bonds. The van der Waals surface area contributed by atoms with Gasteiger partial charge in [-0.3, -0.25) is 4.79 Å². The molecule has 1 fully saturated rings. The number of nitrogens with zero attached hydrogens (tertiary/aromatic N) is 2. The minimum atomic E-state index is -0.512. The lowest BCUT2D eigenvalue weighted by molar-refractivity contribution is 0.102. The Hall–Kier alpha value is -3.88. The Balaban J connectivity index is 1.37. The molecule has 0 spiro atoms. The third-order valence-electron chi connectivity index (χ3n) is 6.53. The predicted octanol–water partition coefficient (Wildman–Crippen LogP) is 6.98. The summed E-state index contributed by atoms with van der Waals surface area (Å²) in [5.41, 5.74) is 2.81. The maximum Gasteiger partial charge on any atom is 0.342 e. The van der Waals surface area contributed by atoms with Gasteiger partial charge in [-0.2, -0.15) is 9.78 Å². The van der Waals surface area contributed by atoms with Crippen molar-refractivity contribution in [2.75, 3.05) is 5.32 Å². The highest BCUT2D eigenvalue weighted by molar-refractivity contribution is 6.40. The van der Waals surface area contributed by atoms with Crippen molar-refractivity contribution in [3.05, 3.63) is 99.4 Å². The molecule has 7 nitrogen and oxygen atoms in total. The van der Waals surface area contributed by atoms with Crippen LogP contribution in [0.5, 0.6) is 5.75 Å². The first-order chi connectivity index (χ1) is 18.3. The maximum atomic E-state index is 13.2. The van der Waals surface area contributed by atoms with E-state index in [1.165, 1.54) is 22.9 Å². The third-order valence-corrected chi connectivity index (χ3v) is 7.16. The van der Waals surface area contributed by atoms with Gasteiger partial charge >= 0.3 is 6.03 Å². The Bertz CT molecular complexity index is 1500. The number of hydrogen-bond donors (Lipinski definition) is 3. The molecule has 0 aliphatic heterocycles. The van der Waals surface area contributed by atoms with Crippen LogP contribution in [-0.4, -0.2) is 26.8 Å². The quantitative estimate of drug-likeness (QED) is 0.240. The van der Waals surface area contributed by atoms with Gasteiger partial charge < -0.3 is 15.7 Å². The summed E-state index contributed by atoms with van der Waals surface area (Å²) in [6, 6.07) is 16.7. The number of aromatic hydroxyl groups is 1. The second-order valence-electron chi connectivity index (χ2n) is 9.06. The zero-order valence-electron chi connectivity index (χ0n) is 20.0. The van der Waals surface area contributed by atoms with Crippen molar-refractivity contribution in [1.82, 2.24) is 15.1 Å². The number of carbonyl (C=O) groups excluding carboxylic acids is 2. The van der Waals surface area contributed by atoms with E-state index in [9.17, 15) is 19.1 Å². The topological polar surface area (TPSA) is 96.3 Å². The molecule has 5 rings (SSSR count). The first kappa shape index (κ1) is 25.8. The van der Waals surface area contributed by atoms with Crippen molar-refractivity contribution in [3.63, 3.8) is 0 Å². The number of carbonyl (C=O) groups is 2. The van der Waals surface area contributed by atoms with Gasteiger partial charge in [0, 0.05) is 29.8 Å². The number of nitrogens with one attached hydrogen (secondary N) is 2. The van der Waals surface area contributed by atoms with Crippen LogP contribution in [0.25, 0.3) is 11.3 Å². The lowest BCUT2D eigenvalue weighted by atomic mass is 9.82. The number of hydrogen-bond acceptors (Lipinski definition) is 4. The van der Waals surface area contributed by atoms with Crippen LogP contribution in [0, 0.1) is 5.82 Å². The molecule has 4 aromatic rings. The number of aromatic nitrogens is 2. The zero-order valence-corrected chi connectivity index (χ0v) is 21.6. The standard InChI is InChI=1S/C28H23Cl2FN4O3/c29-21-5-2-6-22(30)26(21)27(37)33-19-11-12-20(25(36)13-19)23-14-24(17-3-1-4-17)35(34-23)28(38)32-15-16-7-9-18(31)10-8-16/h2,5-14,17,36H,1,3-4,15H2,(H,32,38)(H,33,37). The van der Waals surface area contributed by atoms with Crippen molar-refractivity contribution in [2.45, 2.75) is 31.7 Å². The average Bonchev–Trinajstić information content (AvgIpc) is 3.26.